The van der Waals surface area contributed by atoms with Gasteiger partial charge in [0.15, 0.2) is 5.79 Å². The van der Waals surface area contributed by atoms with Crippen LogP contribution in [-0.2, 0) is 27.3 Å². The van der Waals surface area contributed by atoms with Gasteiger partial charge in [-0.3, -0.25) is 4.90 Å². The molecule has 5 nitrogen and oxygen atoms in total. The Balaban J connectivity index is 1.59. The highest BCUT2D eigenvalue weighted by Crippen LogP contribution is 2.42. The summed E-state index contributed by atoms with van der Waals surface area (Å²) in [5, 5.41) is 9.23. The molecule has 2 aromatic carbocycles. The zero-order valence-corrected chi connectivity index (χ0v) is 17.2. The largest absolute Gasteiger partial charge is 0.394 e. The van der Waals surface area contributed by atoms with Crippen molar-refractivity contribution in [1.82, 2.24) is 4.90 Å². The molecule has 1 heterocycles. The van der Waals surface area contributed by atoms with Gasteiger partial charge in [-0.15, -0.1) is 0 Å². The van der Waals surface area contributed by atoms with Gasteiger partial charge in [0.25, 0.3) is 0 Å². The standard InChI is InChI=1S/C24H31NO4/c1-24(2)28-22-20(15-21(23(22)29-24)27-14-13-26)25(16-18-9-5-3-6-10-18)17-19-11-7-4-8-12-19/h3-12,20-23,26H,13-17H2,1-2H3. The van der Waals surface area contributed by atoms with Gasteiger partial charge >= 0.3 is 0 Å². The highest BCUT2D eigenvalue weighted by atomic mass is 16.8. The lowest BCUT2D eigenvalue weighted by atomic mass is 10.1. The summed E-state index contributed by atoms with van der Waals surface area (Å²) in [7, 11) is 0. The molecule has 2 fully saturated rings. The number of ether oxygens (including phenoxy) is 3. The molecule has 4 rings (SSSR count). The minimum atomic E-state index is -0.625. The summed E-state index contributed by atoms with van der Waals surface area (Å²) >= 11 is 0. The van der Waals surface area contributed by atoms with Crippen LogP contribution in [0.25, 0.3) is 0 Å². The van der Waals surface area contributed by atoms with Crippen LogP contribution in [0.15, 0.2) is 60.7 Å². The summed E-state index contributed by atoms with van der Waals surface area (Å²) in [5.41, 5.74) is 2.55. The number of aliphatic hydroxyl groups is 1. The van der Waals surface area contributed by atoms with Gasteiger partial charge in [-0.25, -0.2) is 0 Å². The quantitative estimate of drug-likeness (QED) is 0.740. The van der Waals surface area contributed by atoms with Gasteiger partial charge < -0.3 is 19.3 Å². The molecule has 4 unspecified atom stereocenters. The van der Waals surface area contributed by atoms with Crippen LogP contribution in [-0.4, -0.2) is 53.4 Å². The number of aliphatic hydroxyl groups excluding tert-OH is 1. The van der Waals surface area contributed by atoms with Crippen LogP contribution in [0.4, 0.5) is 0 Å². The first-order valence-corrected chi connectivity index (χ1v) is 10.5. The third-order valence-electron chi connectivity index (χ3n) is 5.73. The molecule has 0 radical (unpaired) electrons. The summed E-state index contributed by atoms with van der Waals surface area (Å²) in [6.45, 7) is 5.93. The van der Waals surface area contributed by atoms with Gasteiger partial charge in [0.05, 0.1) is 19.3 Å². The molecular weight excluding hydrogens is 366 g/mol. The number of hydrogen-bond acceptors (Lipinski definition) is 5. The lowest BCUT2D eigenvalue weighted by molar-refractivity contribution is -0.173. The average Bonchev–Trinajstić information content (AvgIpc) is 3.20. The van der Waals surface area contributed by atoms with E-state index in [9.17, 15) is 5.11 Å². The van der Waals surface area contributed by atoms with Gasteiger partial charge in [-0.2, -0.15) is 0 Å². The van der Waals surface area contributed by atoms with Crippen LogP contribution < -0.4 is 0 Å². The van der Waals surface area contributed by atoms with Gasteiger partial charge in [0.1, 0.15) is 12.2 Å². The fourth-order valence-electron chi connectivity index (χ4n) is 4.56. The summed E-state index contributed by atoms with van der Waals surface area (Å²) < 4.78 is 18.5. The Bertz CT molecular complexity index is 725. The Morgan fingerprint density at radius 3 is 2.03 bits per heavy atom. The van der Waals surface area contributed by atoms with Crippen molar-refractivity contribution in [2.75, 3.05) is 13.2 Å². The molecule has 5 heteroatoms. The zero-order chi connectivity index (χ0) is 20.3. The topological polar surface area (TPSA) is 51.2 Å². The SMILES string of the molecule is CC1(C)OC2C(OCCO)CC(N(Cc3ccccc3)Cc3ccccc3)C2O1. The maximum atomic E-state index is 9.23. The van der Waals surface area contributed by atoms with Crippen LogP contribution >= 0.6 is 0 Å². The molecule has 29 heavy (non-hydrogen) atoms. The van der Waals surface area contributed by atoms with E-state index in [-0.39, 0.29) is 31.0 Å². The van der Waals surface area contributed by atoms with Crippen molar-refractivity contribution in [2.45, 2.75) is 63.5 Å². The molecule has 1 aliphatic carbocycles. The van der Waals surface area contributed by atoms with Gasteiger partial charge in [-0.1, -0.05) is 60.7 Å². The second-order valence-electron chi connectivity index (χ2n) is 8.38. The van der Waals surface area contributed by atoms with E-state index in [4.69, 9.17) is 14.2 Å². The van der Waals surface area contributed by atoms with Crippen LogP contribution in [0.2, 0.25) is 0 Å². The first kappa shape index (κ1) is 20.5. The van der Waals surface area contributed by atoms with E-state index >= 15 is 0 Å². The van der Waals surface area contributed by atoms with Crippen molar-refractivity contribution in [2.24, 2.45) is 0 Å². The molecule has 0 aromatic heterocycles. The Kier molecular flexibility index (Phi) is 6.32. The second kappa shape index (κ2) is 8.94. The number of rotatable bonds is 8. The van der Waals surface area contributed by atoms with Crippen LogP contribution in [0.3, 0.4) is 0 Å². The molecule has 156 valence electrons. The maximum absolute atomic E-state index is 9.23. The van der Waals surface area contributed by atoms with Crippen LogP contribution in [0, 0.1) is 0 Å². The molecule has 1 aliphatic heterocycles. The average molecular weight is 398 g/mol. The van der Waals surface area contributed by atoms with Crippen molar-refractivity contribution in [3.63, 3.8) is 0 Å². The number of fused-ring (bicyclic) bond motifs is 1. The van der Waals surface area contributed by atoms with E-state index in [0.717, 1.165) is 19.5 Å². The molecule has 0 spiro atoms. The number of hydrogen-bond donors (Lipinski definition) is 1. The highest BCUT2D eigenvalue weighted by Gasteiger charge is 2.55. The fraction of sp³-hybridized carbons (Fsp3) is 0.500. The molecule has 2 aromatic rings. The maximum Gasteiger partial charge on any atom is 0.163 e. The predicted molar refractivity (Wildman–Crippen MR) is 111 cm³/mol. The minimum Gasteiger partial charge on any atom is -0.394 e. The molecule has 1 saturated carbocycles. The van der Waals surface area contributed by atoms with Gasteiger partial charge in [0.2, 0.25) is 0 Å². The summed E-state index contributed by atoms with van der Waals surface area (Å²) in [6, 6.07) is 21.3. The molecular formula is C24H31NO4. The smallest absolute Gasteiger partial charge is 0.163 e. The highest BCUT2D eigenvalue weighted by molar-refractivity contribution is 5.18. The van der Waals surface area contributed by atoms with E-state index in [2.05, 4.69) is 53.4 Å². The van der Waals surface area contributed by atoms with Gasteiger partial charge in [-0.05, 0) is 31.4 Å². The van der Waals surface area contributed by atoms with Crippen molar-refractivity contribution in [1.29, 1.82) is 0 Å². The van der Waals surface area contributed by atoms with Crippen molar-refractivity contribution >= 4 is 0 Å². The van der Waals surface area contributed by atoms with E-state index in [1.165, 1.54) is 11.1 Å². The molecule has 1 saturated heterocycles. The van der Waals surface area contributed by atoms with E-state index in [1.807, 2.05) is 26.0 Å². The fourth-order valence-corrected chi connectivity index (χ4v) is 4.56. The molecule has 2 aliphatic rings. The molecule has 4 atom stereocenters. The minimum absolute atomic E-state index is 0.0144. The summed E-state index contributed by atoms with van der Waals surface area (Å²) in [5.74, 6) is -0.625. The van der Waals surface area contributed by atoms with Crippen LogP contribution in [0.5, 0.6) is 0 Å². The molecule has 0 bridgehead atoms. The zero-order valence-electron chi connectivity index (χ0n) is 17.2. The summed E-state index contributed by atoms with van der Waals surface area (Å²) in [4.78, 5) is 2.48. The van der Waals surface area contributed by atoms with Crippen molar-refractivity contribution in [3.8, 4) is 0 Å². The molecule has 1 N–H and O–H groups in total. The first-order chi connectivity index (χ1) is 14.1. The van der Waals surface area contributed by atoms with Crippen molar-refractivity contribution < 1.29 is 19.3 Å². The van der Waals surface area contributed by atoms with E-state index in [1.54, 1.807) is 0 Å². The first-order valence-electron chi connectivity index (χ1n) is 10.5. The Hall–Kier alpha value is -1.76. The predicted octanol–water partition coefficient (Wildman–Crippen LogP) is 3.36. The van der Waals surface area contributed by atoms with E-state index < -0.39 is 5.79 Å². The number of benzene rings is 2. The van der Waals surface area contributed by atoms with Crippen molar-refractivity contribution in [3.05, 3.63) is 71.8 Å². The normalized spacial score (nSPS) is 28.0. The lowest BCUT2D eigenvalue weighted by Gasteiger charge is -2.33. The Labute approximate surface area is 173 Å². The monoisotopic (exact) mass is 397 g/mol. The second-order valence-corrected chi connectivity index (χ2v) is 8.38. The lowest BCUT2D eigenvalue weighted by Crippen LogP contribution is -2.42. The Morgan fingerprint density at radius 1 is 0.931 bits per heavy atom. The third kappa shape index (κ3) is 4.87. The Morgan fingerprint density at radius 2 is 1.48 bits per heavy atom. The third-order valence-corrected chi connectivity index (χ3v) is 5.73. The number of nitrogens with zero attached hydrogens (tertiary/aromatic N) is 1. The summed E-state index contributed by atoms with van der Waals surface area (Å²) in [6.07, 6.45) is 0.579. The van der Waals surface area contributed by atoms with E-state index in [0.29, 0.717) is 6.61 Å². The molecule has 0 amide bonds. The van der Waals surface area contributed by atoms with Crippen LogP contribution in [0.1, 0.15) is 31.4 Å². The van der Waals surface area contributed by atoms with Gasteiger partial charge in [0, 0.05) is 19.1 Å².